The Hall–Kier alpha value is -2.52. The summed E-state index contributed by atoms with van der Waals surface area (Å²) < 4.78 is 28.4. The predicted molar refractivity (Wildman–Crippen MR) is 117 cm³/mol. The maximum Gasteiger partial charge on any atom is 0.261 e. The molecule has 2 aliphatic heterocycles. The van der Waals surface area contributed by atoms with Gasteiger partial charge in [0, 0.05) is 18.0 Å². The Morgan fingerprint density at radius 3 is 2.60 bits per heavy atom. The zero-order valence-electron chi connectivity index (χ0n) is 16.8. The number of nitrogens with one attached hydrogen (secondary N) is 2. The highest BCUT2D eigenvalue weighted by Crippen LogP contribution is 2.38. The minimum Gasteiger partial charge on any atom is -0.341 e. The summed E-state index contributed by atoms with van der Waals surface area (Å²) in [5.41, 5.74) is 2.68. The van der Waals surface area contributed by atoms with Gasteiger partial charge in [0.05, 0.1) is 16.3 Å². The summed E-state index contributed by atoms with van der Waals surface area (Å²) in [5.74, 6) is -0.602. The van der Waals surface area contributed by atoms with Crippen molar-refractivity contribution in [3.05, 3.63) is 47.5 Å². The number of carbonyl (C=O) groups is 2. The lowest BCUT2D eigenvalue weighted by atomic mass is 10.1. The summed E-state index contributed by atoms with van der Waals surface area (Å²) in [6.45, 7) is 5.08. The number of sulfonamides is 1. The van der Waals surface area contributed by atoms with Crippen LogP contribution in [-0.4, -0.2) is 43.5 Å². The van der Waals surface area contributed by atoms with E-state index in [4.69, 9.17) is 0 Å². The van der Waals surface area contributed by atoms with E-state index in [2.05, 4.69) is 10.0 Å². The molecule has 0 radical (unpaired) electrons. The molecule has 0 spiro atoms. The largest absolute Gasteiger partial charge is 0.341 e. The second kappa shape index (κ2) is 7.96. The lowest BCUT2D eigenvalue weighted by molar-refractivity contribution is -0.133. The van der Waals surface area contributed by atoms with Crippen molar-refractivity contribution in [1.29, 1.82) is 0 Å². The molecule has 7 nitrogen and oxygen atoms in total. The van der Waals surface area contributed by atoms with Gasteiger partial charge in [-0.1, -0.05) is 12.1 Å². The second-order valence-electron chi connectivity index (χ2n) is 7.60. The van der Waals surface area contributed by atoms with Gasteiger partial charge in [-0.05, 0) is 62.1 Å². The standard InChI is InChI=1S/C21H23N3O4S2/c1-13-5-6-14(2)16(11-13)23-30(27,28)15-7-8-18-17(12-15)22-20(25)19(29-18)21(26)24-9-3-4-10-24/h5-8,11-12,19,23H,3-4,9-10H2,1-2H3,(H,22,25). The third-order valence-corrected chi connectivity index (χ3v) is 7.91. The van der Waals surface area contributed by atoms with Gasteiger partial charge in [-0.2, -0.15) is 0 Å². The van der Waals surface area contributed by atoms with E-state index in [1.807, 2.05) is 26.0 Å². The van der Waals surface area contributed by atoms with Crippen LogP contribution in [0.3, 0.4) is 0 Å². The Labute approximate surface area is 180 Å². The maximum atomic E-state index is 12.9. The van der Waals surface area contributed by atoms with Crippen LogP contribution in [-0.2, 0) is 19.6 Å². The van der Waals surface area contributed by atoms with Crippen LogP contribution < -0.4 is 10.0 Å². The Bertz CT molecular complexity index is 1130. The summed E-state index contributed by atoms with van der Waals surface area (Å²) in [6.07, 6.45) is 1.91. The van der Waals surface area contributed by atoms with Crippen molar-refractivity contribution in [2.24, 2.45) is 0 Å². The molecule has 2 aromatic carbocycles. The van der Waals surface area contributed by atoms with Crippen molar-refractivity contribution >= 4 is 45.0 Å². The summed E-state index contributed by atoms with van der Waals surface area (Å²) in [4.78, 5) is 27.6. The molecule has 2 aliphatic rings. The Morgan fingerprint density at radius 1 is 1.13 bits per heavy atom. The number of nitrogens with zero attached hydrogens (tertiary/aromatic N) is 1. The van der Waals surface area contributed by atoms with E-state index < -0.39 is 21.2 Å². The second-order valence-corrected chi connectivity index (χ2v) is 10.4. The van der Waals surface area contributed by atoms with Gasteiger partial charge in [-0.15, -0.1) is 11.8 Å². The van der Waals surface area contributed by atoms with Gasteiger partial charge >= 0.3 is 0 Å². The molecule has 1 saturated heterocycles. The number of hydrogen-bond donors (Lipinski definition) is 2. The van der Waals surface area contributed by atoms with Crippen molar-refractivity contribution in [2.75, 3.05) is 23.1 Å². The normalized spacial score (nSPS) is 18.7. The number of carbonyl (C=O) groups excluding carboxylic acids is 2. The Balaban J connectivity index is 1.57. The van der Waals surface area contributed by atoms with Gasteiger partial charge < -0.3 is 10.2 Å². The average molecular weight is 446 g/mol. The third-order valence-electron chi connectivity index (χ3n) is 5.28. The molecular formula is C21H23N3O4S2. The molecule has 9 heteroatoms. The quantitative estimate of drug-likeness (QED) is 0.705. The SMILES string of the molecule is Cc1ccc(C)c(NS(=O)(=O)c2ccc3c(c2)NC(=O)C(C(=O)N2CCCC2)S3)c1. The Kier molecular flexibility index (Phi) is 5.50. The first-order valence-electron chi connectivity index (χ1n) is 9.75. The fourth-order valence-electron chi connectivity index (χ4n) is 3.57. The van der Waals surface area contributed by atoms with Crippen molar-refractivity contribution < 1.29 is 18.0 Å². The molecule has 2 N–H and O–H groups in total. The van der Waals surface area contributed by atoms with Crippen molar-refractivity contribution in [3.63, 3.8) is 0 Å². The topological polar surface area (TPSA) is 95.6 Å². The summed E-state index contributed by atoms with van der Waals surface area (Å²) in [6, 6.07) is 10.1. The number of anilines is 2. The first-order valence-corrected chi connectivity index (χ1v) is 12.1. The maximum absolute atomic E-state index is 12.9. The van der Waals surface area contributed by atoms with Crippen LogP contribution in [0.25, 0.3) is 0 Å². The molecule has 158 valence electrons. The third kappa shape index (κ3) is 4.04. The number of thioether (sulfide) groups is 1. The molecule has 2 aromatic rings. The van der Waals surface area contributed by atoms with Crippen LogP contribution in [0.5, 0.6) is 0 Å². The zero-order chi connectivity index (χ0) is 21.5. The fraction of sp³-hybridized carbons (Fsp3) is 0.333. The van der Waals surface area contributed by atoms with E-state index in [0.29, 0.717) is 29.4 Å². The molecule has 0 bridgehead atoms. The highest BCUT2D eigenvalue weighted by Gasteiger charge is 2.37. The molecule has 30 heavy (non-hydrogen) atoms. The van der Waals surface area contributed by atoms with E-state index in [1.54, 1.807) is 17.0 Å². The molecule has 0 aliphatic carbocycles. The highest BCUT2D eigenvalue weighted by molar-refractivity contribution is 8.01. The summed E-state index contributed by atoms with van der Waals surface area (Å²) in [7, 11) is -3.83. The summed E-state index contributed by atoms with van der Waals surface area (Å²) >= 11 is 1.17. The van der Waals surface area contributed by atoms with Crippen LogP contribution in [0, 0.1) is 13.8 Å². The van der Waals surface area contributed by atoms with E-state index in [1.165, 1.54) is 23.9 Å². The number of amides is 2. The van der Waals surface area contributed by atoms with Crippen molar-refractivity contribution in [2.45, 2.75) is 41.7 Å². The minimum atomic E-state index is -3.83. The Morgan fingerprint density at radius 2 is 1.87 bits per heavy atom. The van der Waals surface area contributed by atoms with Crippen LogP contribution in [0.4, 0.5) is 11.4 Å². The highest BCUT2D eigenvalue weighted by atomic mass is 32.2. The van der Waals surface area contributed by atoms with Crippen molar-refractivity contribution in [3.8, 4) is 0 Å². The first-order chi connectivity index (χ1) is 14.2. The van der Waals surface area contributed by atoms with Crippen LogP contribution in [0.1, 0.15) is 24.0 Å². The van der Waals surface area contributed by atoms with E-state index in [-0.39, 0.29) is 10.8 Å². The first kappa shape index (κ1) is 20.7. The van der Waals surface area contributed by atoms with Gasteiger partial charge in [0.2, 0.25) is 11.8 Å². The number of benzene rings is 2. The smallest absolute Gasteiger partial charge is 0.261 e. The molecule has 1 fully saturated rings. The number of rotatable bonds is 4. The van der Waals surface area contributed by atoms with E-state index >= 15 is 0 Å². The molecule has 0 aromatic heterocycles. The summed E-state index contributed by atoms with van der Waals surface area (Å²) in [5, 5.41) is 1.87. The molecule has 2 amide bonds. The molecule has 4 rings (SSSR count). The van der Waals surface area contributed by atoms with E-state index in [0.717, 1.165) is 24.0 Å². The van der Waals surface area contributed by atoms with Gasteiger partial charge in [-0.3, -0.25) is 14.3 Å². The molecular weight excluding hydrogens is 422 g/mol. The van der Waals surface area contributed by atoms with Gasteiger partial charge in [-0.25, -0.2) is 8.42 Å². The average Bonchev–Trinajstić information content (AvgIpc) is 3.24. The van der Waals surface area contributed by atoms with Crippen LogP contribution >= 0.6 is 11.8 Å². The lowest BCUT2D eigenvalue weighted by Gasteiger charge is -2.27. The number of fused-ring (bicyclic) bond motifs is 1. The fourth-order valence-corrected chi connectivity index (χ4v) is 5.77. The predicted octanol–water partition coefficient (Wildman–Crippen LogP) is 3.14. The van der Waals surface area contributed by atoms with Crippen LogP contribution in [0.2, 0.25) is 0 Å². The van der Waals surface area contributed by atoms with Crippen molar-refractivity contribution in [1.82, 2.24) is 4.90 Å². The molecule has 1 atom stereocenters. The molecule has 0 saturated carbocycles. The lowest BCUT2D eigenvalue weighted by Crippen LogP contribution is -2.43. The number of likely N-dealkylation sites (tertiary alicyclic amines) is 1. The molecule has 1 unspecified atom stereocenters. The van der Waals surface area contributed by atoms with Gasteiger partial charge in [0.15, 0.2) is 5.25 Å². The number of aryl methyl sites for hydroxylation is 2. The van der Waals surface area contributed by atoms with Crippen LogP contribution in [0.15, 0.2) is 46.2 Å². The van der Waals surface area contributed by atoms with Gasteiger partial charge in [0.25, 0.3) is 10.0 Å². The van der Waals surface area contributed by atoms with E-state index in [9.17, 15) is 18.0 Å². The molecule has 2 heterocycles. The number of hydrogen-bond acceptors (Lipinski definition) is 5. The minimum absolute atomic E-state index is 0.0485. The zero-order valence-corrected chi connectivity index (χ0v) is 18.4. The monoisotopic (exact) mass is 445 g/mol. The van der Waals surface area contributed by atoms with Gasteiger partial charge in [0.1, 0.15) is 0 Å².